The van der Waals surface area contributed by atoms with Crippen molar-refractivity contribution >= 4 is 11.7 Å². The molecule has 0 radical (unpaired) electrons. The Morgan fingerprint density at radius 1 is 1.53 bits per heavy atom. The molecule has 2 rings (SSSR count). The van der Waals surface area contributed by atoms with E-state index < -0.39 is 5.91 Å². The van der Waals surface area contributed by atoms with Crippen LogP contribution in [0.15, 0.2) is 18.3 Å². The molecule has 19 heavy (non-hydrogen) atoms. The fraction of sp³-hybridized carbons (Fsp3) is 0.571. The van der Waals surface area contributed by atoms with E-state index in [1.54, 1.807) is 6.07 Å². The van der Waals surface area contributed by atoms with Crippen molar-refractivity contribution in [1.29, 1.82) is 0 Å². The summed E-state index contributed by atoms with van der Waals surface area (Å²) in [6.45, 7) is 3.84. The number of nitrogens with two attached hydrogens (primary N) is 2. The van der Waals surface area contributed by atoms with Gasteiger partial charge >= 0.3 is 0 Å². The number of pyridine rings is 1. The molecule has 4 N–H and O–H groups in total. The number of piperidine rings is 1. The second-order valence-electron chi connectivity index (χ2n) is 5.15. The smallest absolute Gasteiger partial charge is 0.250 e. The predicted octanol–water partition coefficient (Wildman–Crippen LogP) is 1.13. The number of carbonyl (C=O) groups is 1. The molecular weight excluding hydrogens is 240 g/mol. The standard InChI is InChI=1S/C14H22N4O/c1-2-10-5-6-18(12(7-10)8-15)13-4-3-11(9-17-13)14(16)19/h3-4,9-10,12H,2,5-8,15H2,1H3,(H2,16,19). The van der Waals surface area contributed by atoms with Gasteiger partial charge in [-0.2, -0.15) is 0 Å². The van der Waals surface area contributed by atoms with E-state index >= 15 is 0 Å². The molecule has 2 heterocycles. The Bertz CT molecular complexity index is 432. The first-order valence-corrected chi connectivity index (χ1v) is 6.88. The molecule has 1 aromatic rings. The second kappa shape index (κ2) is 6.02. The van der Waals surface area contributed by atoms with Gasteiger partial charge in [0.25, 0.3) is 0 Å². The molecule has 2 unspecified atom stereocenters. The molecule has 1 saturated heterocycles. The zero-order valence-corrected chi connectivity index (χ0v) is 11.4. The molecule has 5 heteroatoms. The maximum absolute atomic E-state index is 11.0. The van der Waals surface area contributed by atoms with Crippen molar-refractivity contribution in [3.8, 4) is 0 Å². The Morgan fingerprint density at radius 3 is 2.84 bits per heavy atom. The average molecular weight is 262 g/mol. The van der Waals surface area contributed by atoms with E-state index in [1.807, 2.05) is 6.07 Å². The van der Waals surface area contributed by atoms with Gasteiger partial charge in [-0.25, -0.2) is 4.98 Å². The Labute approximate surface area is 114 Å². The highest BCUT2D eigenvalue weighted by molar-refractivity contribution is 5.92. The number of carbonyl (C=O) groups excluding carboxylic acids is 1. The van der Waals surface area contributed by atoms with Crippen LogP contribution < -0.4 is 16.4 Å². The highest BCUT2D eigenvalue weighted by atomic mass is 16.1. The maximum Gasteiger partial charge on any atom is 0.250 e. The Morgan fingerprint density at radius 2 is 2.32 bits per heavy atom. The second-order valence-corrected chi connectivity index (χ2v) is 5.15. The fourth-order valence-electron chi connectivity index (χ4n) is 2.73. The normalized spacial score (nSPS) is 23.4. The number of hydrogen-bond acceptors (Lipinski definition) is 4. The number of rotatable bonds is 4. The zero-order valence-electron chi connectivity index (χ0n) is 11.4. The minimum absolute atomic E-state index is 0.339. The lowest BCUT2D eigenvalue weighted by atomic mass is 9.89. The molecule has 1 aliphatic rings. The van der Waals surface area contributed by atoms with Crippen molar-refractivity contribution < 1.29 is 4.79 Å². The number of hydrogen-bond donors (Lipinski definition) is 2. The lowest BCUT2D eigenvalue weighted by Gasteiger charge is -2.39. The quantitative estimate of drug-likeness (QED) is 0.852. The molecule has 1 aromatic heterocycles. The molecule has 1 amide bonds. The van der Waals surface area contributed by atoms with Gasteiger partial charge in [0.1, 0.15) is 5.82 Å². The zero-order chi connectivity index (χ0) is 13.8. The van der Waals surface area contributed by atoms with Gasteiger partial charge < -0.3 is 16.4 Å². The summed E-state index contributed by atoms with van der Waals surface area (Å²) >= 11 is 0. The predicted molar refractivity (Wildman–Crippen MR) is 76.0 cm³/mol. The van der Waals surface area contributed by atoms with Crippen LogP contribution in [0.5, 0.6) is 0 Å². The van der Waals surface area contributed by atoms with Crippen molar-refractivity contribution in [2.45, 2.75) is 32.2 Å². The van der Waals surface area contributed by atoms with Crippen molar-refractivity contribution in [3.05, 3.63) is 23.9 Å². The lowest BCUT2D eigenvalue weighted by Crippen LogP contribution is -2.47. The monoisotopic (exact) mass is 262 g/mol. The van der Waals surface area contributed by atoms with Crippen molar-refractivity contribution in [1.82, 2.24) is 4.98 Å². The number of aromatic nitrogens is 1. The van der Waals surface area contributed by atoms with E-state index in [-0.39, 0.29) is 0 Å². The van der Waals surface area contributed by atoms with Crippen LogP contribution in [0, 0.1) is 5.92 Å². The van der Waals surface area contributed by atoms with Crippen LogP contribution in [-0.2, 0) is 0 Å². The third-order valence-electron chi connectivity index (χ3n) is 4.00. The van der Waals surface area contributed by atoms with Gasteiger partial charge in [0.2, 0.25) is 5.91 Å². The molecular formula is C14H22N4O. The number of anilines is 1. The Kier molecular flexibility index (Phi) is 4.37. The Hall–Kier alpha value is -1.62. The highest BCUT2D eigenvalue weighted by Gasteiger charge is 2.27. The first-order valence-electron chi connectivity index (χ1n) is 6.88. The minimum atomic E-state index is -0.445. The SMILES string of the molecule is CCC1CCN(c2ccc(C(N)=O)cn2)C(CN)C1. The summed E-state index contributed by atoms with van der Waals surface area (Å²) in [5, 5.41) is 0. The van der Waals surface area contributed by atoms with E-state index in [0.29, 0.717) is 18.2 Å². The highest BCUT2D eigenvalue weighted by Crippen LogP contribution is 2.28. The third kappa shape index (κ3) is 3.04. The van der Waals surface area contributed by atoms with Gasteiger partial charge in [-0.3, -0.25) is 4.79 Å². The summed E-state index contributed by atoms with van der Waals surface area (Å²) in [7, 11) is 0. The topological polar surface area (TPSA) is 85.2 Å². The van der Waals surface area contributed by atoms with Crippen LogP contribution in [0.1, 0.15) is 36.5 Å². The molecule has 104 valence electrons. The summed E-state index contributed by atoms with van der Waals surface area (Å²) in [5.74, 6) is 1.20. The summed E-state index contributed by atoms with van der Waals surface area (Å²) in [5.41, 5.74) is 11.5. The van der Waals surface area contributed by atoms with E-state index in [9.17, 15) is 4.79 Å². The van der Waals surface area contributed by atoms with Gasteiger partial charge in [0, 0.05) is 25.3 Å². The van der Waals surface area contributed by atoms with Gasteiger partial charge in [0.15, 0.2) is 0 Å². The number of nitrogens with zero attached hydrogens (tertiary/aromatic N) is 2. The first kappa shape index (κ1) is 13.8. The minimum Gasteiger partial charge on any atom is -0.366 e. The largest absolute Gasteiger partial charge is 0.366 e. The van der Waals surface area contributed by atoms with Crippen LogP contribution in [0.4, 0.5) is 5.82 Å². The molecule has 0 bridgehead atoms. The van der Waals surface area contributed by atoms with Gasteiger partial charge in [-0.15, -0.1) is 0 Å². The van der Waals surface area contributed by atoms with Crippen molar-refractivity contribution in [2.75, 3.05) is 18.0 Å². The van der Waals surface area contributed by atoms with Gasteiger partial charge in [0.05, 0.1) is 5.56 Å². The molecule has 0 aliphatic carbocycles. The molecule has 0 aromatic carbocycles. The van der Waals surface area contributed by atoms with Crippen LogP contribution in [0.25, 0.3) is 0 Å². The summed E-state index contributed by atoms with van der Waals surface area (Å²) in [6.07, 6.45) is 5.04. The molecule has 5 nitrogen and oxygen atoms in total. The average Bonchev–Trinajstić information content (AvgIpc) is 2.46. The summed E-state index contributed by atoms with van der Waals surface area (Å²) in [6, 6.07) is 3.92. The summed E-state index contributed by atoms with van der Waals surface area (Å²) < 4.78 is 0. The molecule has 0 saturated carbocycles. The molecule has 2 atom stereocenters. The van der Waals surface area contributed by atoms with Crippen LogP contribution in [0.2, 0.25) is 0 Å². The van der Waals surface area contributed by atoms with Crippen molar-refractivity contribution in [3.63, 3.8) is 0 Å². The van der Waals surface area contributed by atoms with E-state index in [1.165, 1.54) is 19.0 Å². The van der Waals surface area contributed by atoms with Crippen LogP contribution in [0.3, 0.4) is 0 Å². The van der Waals surface area contributed by atoms with E-state index in [2.05, 4.69) is 16.8 Å². The van der Waals surface area contributed by atoms with E-state index in [0.717, 1.165) is 24.7 Å². The molecule has 1 aliphatic heterocycles. The summed E-state index contributed by atoms with van der Waals surface area (Å²) in [4.78, 5) is 17.6. The molecule has 1 fully saturated rings. The first-order chi connectivity index (χ1) is 9.15. The van der Waals surface area contributed by atoms with Crippen molar-refractivity contribution in [2.24, 2.45) is 17.4 Å². The van der Waals surface area contributed by atoms with Gasteiger partial charge in [-0.05, 0) is 30.9 Å². The van der Waals surface area contributed by atoms with Crippen LogP contribution >= 0.6 is 0 Å². The van der Waals surface area contributed by atoms with Crippen LogP contribution in [-0.4, -0.2) is 30.0 Å². The maximum atomic E-state index is 11.0. The lowest BCUT2D eigenvalue weighted by molar-refractivity contribution is 0.1000. The third-order valence-corrected chi connectivity index (χ3v) is 4.00. The Balaban J connectivity index is 2.13. The van der Waals surface area contributed by atoms with Gasteiger partial charge in [-0.1, -0.05) is 13.3 Å². The number of amides is 1. The number of primary amides is 1. The molecule has 0 spiro atoms. The van der Waals surface area contributed by atoms with E-state index in [4.69, 9.17) is 11.5 Å². The fourth-order valence-corrected chi connectivity index (χ4v) is 2.73.